The van der Waals surface area contributed by atoms with Crippen LogP contribution >= 0.6 is 23.2 Å². The smallest absolute Gasteiger partial charge is 0.340 e. The molecular formula is C29H21Cl2NO6. The van der Waals surface area contributed by atoms with Crippen LogP contribution in [0.4, 0.5) is 0 Å². The molecule has 5 aromatic rings. The molecule has 0 unspecified atom stereocenters. The highest BCUT2D eigenvalue weighted by atomic mass is 35.5. The van der Waals surface area contributed by atoms with Crippen molar-refractivity contribution in [2.45, 2.75) is 25.8 Å². The second-order valence-electron chi connectivity index (χ2n) is 8.96. The minimum absolute atomic E-state index is 0.0650. The molecule has 0 saturated carbocycles. The monoisotopic (exact) mass is 549 g/mol. The van der Waals surface area contributed by atoms with Gasteiger partial charge >= 0.3 is 11.6 Å². The first-order valence-electron chi connectivity index (χ1n) is 11.7. The molecule has 9 heteroatoms. The number of carboxylic acid groups (broad SMARTS) is 1. The Morgan fingerprint density at radius 3 is 2.26 bits per heavy atom. The Morgan fingerprint density at radius 1 is 0.947 bits per heavy atom. The molecule has 7 nitrogen and oxygen atoms in total. The van der Waals surface area contributed by atoms with Gasteiger partial charge in [-0.3, -0.25) is 4.79 Å². The van der Waals surface area contributed by atoms with Gasteiger partial charge in [0.15, 0.2) is 0 Å². The summed E-state index contributed by atoms with van der Waals surface area (Å²) in [5.74, 6) is -1.79. The van der Waals surface area contributed by atoms with Gasteiger partial charge in [0.2, 0.25) is 5.91 Å². The Labute approximate surface area is 226 Å². The maximum atomic E-state index is 12.8. The molecule has 2 heterocycles. The molecule has 0 fully saturated rings. The summed E-state index contributed by atoms with van der Waals surface area (Å²) < 4.78 is 11.2. The maximum absolute atomic E-state index is 12.8. The molecule has 0 saturated heterocycles. The predicted octanol–water partition coefficient (Wildman–Crippen LogP) is 6.18. The second kappa shape index (κ2) is 10.4. The highest BCUT2D eigenvalue weighted by molar-refractivity contribution is 6.30. The van der Waals surface area contributed by atoms with Crippen LogP contribution in [0.2, 0.25) is 10.0 Å². The van der Waals surface area contributed by atoms with Gasteiger partial charge in [0, 0.05) is 38.9 Å². The molecule has 38 heavy (non-hydrogen) atoms. The number of carbonyl (C=O) groups excluding carboxylic acids is 1. The summed E-state index contributed by atoms with van der Waals surface area (Å²) in [5.41, 5.74) is 3.37. The first-order valence-corrected chi connectivity index (χ1v) is 12.5. The fraction of sp³-hybridized carbons (Fsp3) is 0.138. The fourth-order valence-electron chi connectivity index (χ4n) is 4.43. The van der Waals surface area contributed by atoms with Crippen LogP contribution in [-0.4, -0.2) is 23.0 Å². The Hall–Kier alpha value is -4.07. The van der Waals surface area contributed by atoms with Crippen LogP contribution in [0.1, 0.15) is 16.7 Å². The quantitative estimate of drug-likeness (QED) is 0.235. The number of halogens is 2. The number of furan rings is 1. The van der Waals surface area contributed by atoms with Gasteiger partial charge < -0.3 is 19.3 Å². The van der Waals surface area contributed by atoms with Crippen molar-refractivity contribution in [2.75, 3.05) is 0 Å². The summed E-state index contributed by atoms with van der Waals surface area (Å²) in [6, 6.07) is 16.4. The number of hydrogen-bond donors (Lipinski definition) is 2. The van der Waals surface area contributed by atoms with Crippen molar-refractivity contribution >= 4 is 57.0 Å². The van der Waals surface area contributed by atoms with Crippen molar-refractivity contribution in [1.29, 1.82) is 0 Å². The number of aryl methyl sites for hydroxylation is 1. The van der Waals surface area contributed by atoms with Gasteiger partial charge in [-0.1, -0.05) is 47.5 Å². The van der Waals surface area contributed by atoms with Crippen molar-refractivity contribution < 1.29 is 23.5 Å². The minimum atomic E-state index is -1.19. The van der Waals surface area contributed by atoms with E-state index in [1.165, 1.54) is 0 Å². The van der Waals surface area contributed by atoms with Crippen LogP contribution < -0.4 is 10.9 Å². The Kier molecular flexibility index (Phi) is 6.97. The van der Waals surface area contributed by atoms with Gasteiger partial charge in [0.25, 0.3) is 0 Å². The number of rotatable bonds is 7. The van der Waals surface area contributed by atoms with Crippen molar-refractivity contribution in [1.82, 2.24) is 5.32 Å². The first kappa shape index (κ1) is 25.6. The van der Waals surface area contributed by atoms with Crippen LogP contribution in [-0.2, 0) is 22.4 Å². The molecule has 1 atom stereocenters. The minimum Gasteiger partial charge on any atom is -0.480 e. The van der Waals surface area contributed by atoms with E-state index < -0.39 is 23.5 Å². The lowest BCUT2D eigenvalue weighted by Crippen LogP contribution is -2.43. The van der Waals surface area contributed by atoms with E-state index in [9.17, 15) is 19.5 Å². The molecule has 3 aromatic carbocycles. The molecule has 0 spiro atoms. The van der Waals surface area contributed by atoms with Gasteiger partial charge in [-0.05, 0) is 53.9 Å². The van der Waals surface area contributed by atoms with Crippen molar-refractivity contribution in [3.05, 3.63) is 104 Å². The second-order valence-corrected chi connectivity index (χ2v) is 9.83. The standard InChI is InChI=1S/C29H21Cl2NO6/c1-15-20-11-22-23(17-4-8-19(31)9-5-17)14-37-25(22)13-26(20)38-29(36)21(15)12-27(33)32-24(28(34)35)10-16-2-6-18(30)7-3-16/h2-9,11,13-14,24H,10,12H2,1H3,(H,32,33)(H,34,35)/t24-/m1/s1. The van der Waals surface area contributed by atoms with E-state index in [4.69, 9.17) is 32.0 Å². The highest BCUT2D eigenvalue weighted by Crippen LogP contribution is 2.35. The molecule has 0 aliphatic rings. The van der Waals surface area contributed by atoms with Crippen LogP contribution in [0.25, 0.3) is 33.1 Å². The summed E-state index contributed by atoms with van der Waals surface area (Å²) in [7, 11) is 0. The molecule has 0 aliphatic heterocycles. The van der Waals surface area contributed by atoms with E-state index in [2.05, 4.69) is 5.32 Å². The number of carboxylic acids is 1. The first-order chi connectivity index (χ1) is 18.2. The largest absolute Gasteiger partial charge is 0.480 e. The van der Waals surface area contributed by atoms with Gasteiger partial charge in [0.05, 0.1) is 18.2 Å². The van der Waals surface area contributed by atoms with E-state index in [0.717, 1.165) is 16.5 Å². The molecule has 0 radical (unpaired) electrons. The molecule has 0 aliphatic carbocycles. The fourth-order valence-corrected chi connectivity index (χ4v) is 4.68. The average Bonchev–Trinajstić information content (AvgIpc) is 3.29. The van der Waals surface area contributed by atoms with Crippen LogP contribution in [0.15, 0.2) is 80.6 Å². The number of fused-ring (bicyclic) bond motifs is 2. The van der Waals surface area contributed by atoms with Crippen molar-refractivity contribution in [3.8, 4) is 11.1 Å². The zero-order valence-corrected chi connectivity index (χ0v) is 21.6. The van der Waals surface area contributed by atoms with Gasteiger partial charge in [0.1, 0.15) is 17.2 Å². The van der Waals surface area contributed by atoms with Crippen LogP contribution in [0, 0.1) is 6.92 Å². The molecule has 192 valence electrons. The van der Waals surface area contributed by atoms with Crippen LogP contribution in [0.3, 0.4) is 0 Å². The Bertz CT molecular complexity index is 1740. The molecule has 1 amide bonds. The van der Waals surface area contributed by atoms with Gasteiger partial charge in [-0.2, -0.15) is 0 Å². The Morgan fingerprint density at radius 2 is 1.61 bits per heavy atom. The van der Waals surface area contributed by atoms with Gasteiger partial charge in [-0.25, -0.2) is 9.59 Å². The third-order valence-corrected chi connectivity index (χ3v) is 6.96. The number of aliphatic carboxylic acids is 1. The van der Waals surface area contributed by atoms with E-state index in [1.54, 1.807) is 55.7 Å². The normalized spacial score (nSPS) is 12.1. The van der Waals surface area contributed by atoms with E-state index in [1.807, 2.05) is 18.2 Å². The number of benzene rings is 3. The molecule has 5 rings (SSSR count). The third-order valence-electron chi connectivity index (χ3n) is 6.46. The zero-order valence-electron chi connectivity index (χ0n) is 20.1. The summed E-state index contributed by atoms with van der Waals surface area (Å²) in [4.78, 5) is 37.5. The lowest BCUT2D eigenvalue weighted by Gasteiger charge is -2.15. The van der Waals surface area contributed by atoms with E-state index >= 15 is 0 Å². The zero-order chi connectivity index (χ0) is 27.0. The number of carbonyl (C=O) groups is 2. The average molecular weight is 550 g/mol. The summed E-state index contributed by atoms with van der Waals surface area (Å²) in [5, 5.41) is 14.7. The Balaban J connectivity index is 1.45. The summed E-state index contributed by atoms with van der Waals surface area (Å²) in [6.45, 7) is 1.73. The number of nitrogens with one attached hydrogen (secondary N) is 1. The SMILES string of the molecule is Cc1c(CC(=O)N[C@H](Cc2ccc(Cl)cc2)C(=O)O)c(=O)oc2cc3occ(-c4ccc(Cl)cc4)c3cc12. The third kappa shape index (κ3) is 5.16. The maximum Gasteiger partial charge on any atom is 0.340 e. The van der Waals surface area contributed by atoms with Crippen LogP contribution in [0.5, 0.6) is 0 Å². The number of hydrogen-bond acceptors (Lipinski definition) is 5. The van der Waals surface area contributed by atoms with Crippen molar-refractivity contribution in [2.24, 2.45) is 0 Å². The number of amides is 1. The molecule has 0 bridgehead atoms. The predicted molar refractivity (Wildman–Crippen MR) is 146 cm³/mol. The summed E-state index contributed by atoms with van der Waals surface area (Å²) in [6.07, 6.45) is 1.36. The summed E-state index contributed by atoms with van der Waals surface area (Å²) >= 11 is 11.9. The topological polar surface area (TPSA) is 110 Å². The lowest BCUT2D eigenvalue weighted by atomic mass is 9.99. The molecule has 2 aromatic heterocycles. The molecule has 2 N–H and O–H groups in total. The highest BCUT2D eigenvalue weighted by Gasteiger charge is 2.23. The van der Waals surface area contributed by atoms with E-state index in [-0.39, 0.29) is 18.4 Å². The van der Waals surface area contributed by atoms with Crippen molar-refractivity contribution in [3.63, 3.8) is 0 Å². The van der Waals surface area contributed by atoms with Gasteiger partial charge in [-0.15, -0.1) is 0 Å². The molecular weight excluding hydrogens is 529 g/mol. The lowest BCUT2D eigenvalue weighted by molar-refractivity contribution is -0.141. The van der Waals surface area contributed by atoms with E-state index in [0.29, 0.717) is 37.7 Å².